The van der Waals surface area contributed by atoms with Crippen LogP contribution in [0.3, 0.4) is 0 Å². The molecule has 0 aromatic heterocycles. The minimum absolute atomic E-state index is 0.0806. The minimum Gasteiger partial charge on any atom is -0.507 e. The summed E-state index contributed by atoms with van der Waals surface area (Å²) in [7, 11) is 0. The molecule has 0 spiro atoms. The fourth-order valence-corrected chi connectivity index (χ4v) is 1.95. The third-order valence-electron chi connectivity index (χ3n) is 2.16. The number of anilines is 1. The van der Waals surface area contributed by atoms with Gasteiger partial charge < -0.3 is 15.4 Å². The third-order valence-corrected chi connectivity index (χ3v) is 2.80. The highest BCUT2D eigenvalue weighted by Crippen LogP contribution is 2.31. The van der Waals surface area contributed by atoms with Crippen LogP contribution in [-0.2, 0) is 11.1 Å². The fourth-order valence-electron chi connectivity index (χ4n) is 1.51. The van der Waals surface area contributed by atoms with Crippen LogP contribution in [0.25, 0.3) is 10.8 Å². The summed E-state index contributed by atoms with van der Waals surface area (Å²) in [5, 5.41) is 10.8. The fraction of sp³-hybridized carbons (Fsp3) is 0. The Bertz CT molecular complexity index is 554. The molecule has 0 aliphatic rings. The maximum Gasteiger partial charge on any atom is 0.186 e. The number of benzene rings is 2. The summed E-state index contributed by atoms with van der Waals surface area (Å²) in [5.41, 5.74) is 6.13. The molecule has 0 heterocycles. The molecular formula is C10H9NO3S. The van der Waals surface area contributed by atoms with E-state index in [2.05, 4.69) is 0 Å². The van der Waals surface area contributed by atoms with Crippen LogP contribution in [0.15, 0.2) is 35.2 Å². The highest BCUT2D eigenvalue weighted by atomic mass is 32.2. The van der Waals surface area contributed by atoms with E-state index in [1.54, 1.807) is 18.2 Å². The van der Waals surface area contributed by atoms with E-state index in [4.69, 9.17) is 10.3 Å². The number of fused-ring (bicyclic) bond motifs is 1. The highest BCUT2D eigenvalue weighted by molar-refractivity contribution is 7.79. The smallest absolute Gasteiger partial charge is 0.186 e. The third kappa shape index (κ3) is 1.67. The summed E-state index contributed by atoms with van der Waals surface area (Å²) < 4.78 is 19.8. The van der Waals surface area contributed by atoms with Crippen molar-refractivity contribution in [3.63, 3.8) is 0 Å². The predicted octanol–water partition coefficient (Wildman–Crippen LogP) is 1.71. The van der Waals surface area contributed by atoms with Crippen LogP contribution in [0.5, 0.6) is 5.75 Å². The average Bonchev–Trinajstić information content (AvgIpc) is 2.17. The maximum absolute atomic E-state index is 10.9. The molecule has 0 saturated carbocycles. The number of hydrogen-bond donors (Lipinski definition) is 3. The van der Waals surface area contributed by atoms with Crippen molar-refractivity contribution in [3.05, 3.63) is 30.3 Å². The van der Waals surface area contributed by atoms with Crippen LogP contribution in [0.1, 0.15) is 0 Å². The van der Waals surface area contributed by atoms with Gasteiger partial charge in [-0.05, 0) is 23.6 Å². The van der Waals surface area contributed by atoms with Gasteiger partial charge in [0.25, 0.3) is 0 Å². The largest absolute Gasteiger partial charge is 0.507 e. The Morgan fingerprint density at radius 3 is 2.67 bits per heavy atom. The van der Waals surface area contributed by atoms with Gasteiger partial charge in [-0.2, -0.15) is 0 Å². The number of phenols is 1. The Labute approximate surface area is 88.6 Å². The number of aromatic hydroxyl groups is 1. The summed E-state index contributed by atoms with van der Waals surface area (Å²) in [6, 6.07) is 7.89. The van der Waals surface area contributed by atoms with Gasteiger partial charge in [0.15, 0.2) is 11.1 Å². The van der Waals surface area contributed by atoms with Crippen molar-refractivity contribution >= 4 is 27.5 Å². The van der Waals surface area contributed by atoms with Gasteiger partial charge in [0, 0.05) is 11.1 Å². The SMILES string of the molecule is Nc1cccc2cc(S(=O)O)cc(O)c12. The van der Waals surface area contributed by atoms with Gasteiger partial charge in [-0.1, -0.05) is 12.1 Å². The molecule has 2 aromatic rings. The van der Waals surface area contributed by atoms with Crippen LogP contribution in [0.2, 0.25) is 0 Å². The summed E-state index contributed by atoms with van der Waals surface area (Å²) in [5.74, 6) is -0.0806. The van der Waals surface area contributed by atoms with Crippen LogP contribution < -0.4 is 5.73 Å². The molecule has 0 amide bonds. The Morgan fingerprint density at radius 1 is 1.27 bits per heavy atom. The monoisotopic (exact) mass is 223 g/mol. The van der Waals surface area contributed by atoms with E-state index in [1.807, 2.05) is 0 Å². The molecular weight excluding hydrogens is 214 g/mol. The first-order chi connectivity index (χ1) is 7.09. The Morgan fingerprint density at radius 2 is 2.00 bits per heavy atom. The van der Waals surface area contributed by atoms with E-state index < -0.39 is 11.1 Å². The van der Waals surface area contributed by atoms with E-state index in [9.17, 15) is 9.32 Å². The molecule has 0 aliphatic heterocycles. The first kappa shape index (κ1) is 9.95. The summed E-state index contributed by atoms with van der Waals surface area (Å²) in [6.07, 6.45) is 0. The second-order valence-electron chi connectivity index (χ2n) is 3.14. The average molecular weight is 223 g/mol. The van der Waals surface area contributed by atoms with E-state index in [0.29, 0.717) is 16.5 Å². The Hall–Kier alpha value is -1.59. The molecule has 1 atom stereocenters. The Kier molecular flexibility index (Phi) is 2.34. The van der Waals surface area contributed by atoms with Gasteiger partial charge in [0.2, 0.25) is 0 Å². The van der Waals surface area contributed by atoms with Crippen LogP contribution in [-0.4, -0.2) is 13.9 Å². The van der Waals surface area contributed by atoms with Crippen LogP contribution in [0.4, 0.5) is 5.69 Å². The molecule has 0 saturated heterocycles. The molecule has 0 fully saturated rings. The molecule has 0 radical (unpaired) electrons. The molecule has 0 bridgehead atoms. The van der Waals surface area contributed by atoms with Gasteiger partial charge in [-0.25, -0.2) is 4.21 Å². The zero-order chi connectivity index (χ0) is 11.0. The van der Waals surface area contributed by atoms with E-state index in [0.717, 1.165) is 0 Å². The number of rotatable bonds is 1. The highest BCUT2D eigenvalue weighted by Gasteiger charge is 2.08. The van der Waals surface area contributed by atoms with Crippen LogP contribution >= 0.6 is 0 Å². The Balaban J connectivity index is 2.84. The van der Waals surface area contributed by atoms with Crippen molar-refractivity contribution in [1.29, 1.82) is 0 Å². The number of phenolic OH excluding ortho intramolecular Hbond substituents is 1. The van der Waals surface area contributed by atoms with Crippen molar-refractivity contribution in [2.45, 2.75) is 4.90 Å². The van der Waals surface area contributed by atoms with Gasteiger partial charge in [0.1, 0.15) is 5.75 Å². The predicted molar refractivity (Wildman–Crippen MR) is 59.1 cm³/mol. The zero-order valence-corrected chi connectivity index (χ0v) is 8.49. The molecule has 0 aliphatic carbocycles. The lowest BCUT2D eigenvalue weighted by molar-refractivity contribution is 0.479. The lowest BCUT2D eigenvalue weighted by Gasteiger charge is -2.05. The number of nitrogen functional groups attached to an aromatic ring is 1. The van der Waals surface area contributed by atoms with Crippen molar-refractivity contribution in [3.8, 4) is 5.75 Å². The van der Waals surface area contributed by atoms with Crippen molar-refractivity contribution < 1.29 is 13.9 Å². The summed E-state index contributed by atoms with van der Waals surface area (Å²) in [4.78, 5) is 0.158. The van der Waals surface area contributed by atoms with E-state index >= 15 is 0 Å². The summed E-state index contributed by atoms with van der Waals surface area (Å²) >= 11 is -2.10. The van der Waals surface area contributed by atoms with Gasteiger partial charge in [-0.15, -0.1) is 0 Å². The molecule has 4 nitrogen and oxygen atoms in total. The van der Waals surface area contributed by atoms with Gasteiger partial charge >= 0.3 is 0 Å². The van der Waals surface area contributed by atoms with E-state index in [-0.39, 0.29) is 10.6 Å². The standard InChI is InChI=1S/C10H9NO3S/c11-8-3-1-2-6-4-7(15(13)14)5-9(12)10(6)8/h1-5,12H,11H2,(H,13,14). The lowest BCUT2D eigenvalue weighted by atomic mass is 10.1. The number of nitrogens with two attached hydrogens (primary N) is 1. The first-order valence-electron chi connectivity index (χ1n) is 4.21. The molecule has 1 unspecified atom stereocenters. The normalized spacial score (nSPS) is 12.9. The van der Waals surface area contributed by atoms with Gasteiger partial charge in [0.05, 0.1) is 4.90 Å². The molecule has 5 heteroatoms. The molecule has 4 N–H and O–H groups in total. The second-order valence-corrected chi connectivity index (χ2v) is 4.11. The molecule has 2 rings (SSSR count). The zero-order valence-electron chi connectivity index (χ0n) is 7.68. The van der Waals surface area contributed by atoms with Crippen LogP contribution in [0, 0.1) is 0 Å². The maximum atomic E-state index is 10.9. The lowest BCUT2D eigenvalue weighted by Crippen LogP contribution is -1.91. The van der Waals surface area contributed by atoms with Crippen molar-refractivity contribution in [1.82, 2.24) is 0 Å². The number of hydrogen-bond acceptors (Lipinski definition) is 3. The topological polar surface area (TPSA) is 83.6 Å². The molecule has 15 heavy (non-hydrogen) atoms. The molecule has 78 valence electrons. The van der Waals surface area contributed by atoms with Gasteiger partial charge in [-0.3, -0.25) is 0 Å². The summed E-state index contributed by atoms with van der Waals surface area (Å²) in [6.45, 7) is 0. The first-order valence-corrected chi connectivity index (χ1v) is 5.32. The second kappa shape index (κ2) is 3.52. The quantitative estimate of drug-likeness (QED) is 0.507. The minimum atomic E-state index is -2.10. The van der Waals surface area contributed by atoms with Crippen molar-refractivity contribution in [2.24, 2.45) is 0 Å². The van der Waals surface area contributed by atoms with Crippen molar-refractivity contribution in [2.75, 3.05) is 5.73 Å². The van der Waals surface area contributed by atoms with E-state index in [1.165, 1.54) is 12.1 Å². The molecule has 2 aromatic carbocycles.